The SMILES string of the molecule is BCC(COP(=O)(O)O)CC(C)(CC)OP(=O)(O)OCCC(C)(CC)OP(=O)(O)OCC(CO)CC(C)(C)NF. The Morgan fingerprint density at radius 1 is 0.825 bits per heavy atom. The van der Waals surface area contributed by atoms with Gasteiger partial charge >= 0.3 is 23.5 Å². The standard InChI is InChI=1S/C21H48BFNO13P3/c1-7-20(5,36-40(31,32)35-16-18(14-25)11-19(3,4)24-23)9-10-33-39(29,30)37-21(6,8-2)12-17(13-22)15-34-38(26,27)28/h17-18,24-25H,7-16,22H2,1-6H3,(H,29,30)(H,31,32)(H2,26,27,28). The summed E-state index contributed by atoms with van der Waals surface area (Å²) < 4.78 is 74.7. The van der Waals surface area contributed by atoms with Crippen LogP contribution in [-0.2, 0) is 36.3 Å². The molecule has 0 aromatic carbocycles. The van der Waals surface area contributed by atoms with Crippen LogP contribution >= 0.6 is 23.5 Å². The summed E-state index contributed by atoms with van der Waals surface area (Å²) in [5.74, 6) is -1.03. The van der Waals surface area contributed by atoms with E-state index in [4.69, 9.17) is 27.9 Å². The monoisotopic (exact) mass is 645 g/mol. The van der Waals surface area contributed by atoms with Gasteiger partial charge in [-0.3, -0.25) is 22.6 Å². The van der Waals surface area contributed by atoms with Crippen LogP contribution in [0.5, 0.6) is 0 Å². The smallest absolute Gasteiger partial charge is 0.396 e. The molecule has 0 spiro atoms. The van der Waals surface area contributed by atoms with E-state index in [0.717, 1.165) is 0 Å². The third-order valence-electron chi connectivity index (χ3n) is 6.62. The molecule has 0 saturated heterocycles. The fourth-order valence-corrected chi connectivity index (χ4v) is 6.56. The number of hydrogen-bond donors (Lipinski definition) is 6. The second kappa shape index (κ2) is 16.9. The van der Waals surface area contributed by atoms with E-state index in [1.807, 2.05) is 0 Å². The molecule has 0 heterocycles. The Morgan fingerprint density at radius 3 is 1.77 bits per heavy atom. The largest absolute Gasteiger partial charge is 0.472 e. The molecule has 6 unspecified atom stereocenters. The van der Waals surface area contributed by atoms with E-state index in [1.54, 1.807) is 48.0 Å². The van der Waals surface area contributed by atoms with Crippen molar-refractivity contribution in [3.05, 3.63) is 0 Å². The summed E-state index contributed by atoms with van der Waals surface area (Å²) in [6, 6.07) is 0. The molecule has 240 valence electrons. The van der Waals surface area contributed by atoms with Crippen molar-refractivity contribution in [3.63, 3.8) is 0 Å². The van der Waals surface area contributed by atoms with Crippen molar-refractivity contribution in [2.75, 3.05) is 26.4 Å². The van der Waals surface area contributed by atoms with Crippen molar-refractivity contribution < 1.29 is 65.5 Å². The molecule has 0 aliphatic carbocycles. The van der Waals surface area contributed by atoms with E-state index in [9.17, 15) is 33.1 Å². The van der Waals surface area contributed by atoms with Crippen LogP contribution < -0.4 is 5.54 Å². The molecule has 0 saturated carbocycles. The molecule has 0 aromatic rings. The molecular weight excluding hydrogens is 597 g/mol. The van der Waals surface area contributed by atoms with Gasteiger partial charge in [-0.25, -0.2) is 13.7 Å². The molecule has 6 N–H and O–H groups in total. The Hall–Kier alpha value is 0.245. The summed E-state index contributed by atoms with van der Waals surface area (Å²) in [4.78, 5) is 38.5. The second-order valence-electron chi connectivity index (χ2n) is 11.1. The molecule has 0 bridgehead atoms. The van der Waals surface area contributed by atoms with Crippen molar-refractivity contribution in [2.24, 2.45) is 11.8 Å². The number of rotatable bonds is 23. The lowest BCUT2D eigenvalue weighted by Crippen LogP contribution is -2.37. The van der Waals surface area contributed by atoms with Gasteiger partial charge in [-0.1, -0.05) is 20.2 Å². The number of phosphoric ester groups is 3. The van der Waals surface area contributed by atoms with Crippen LogP contribution in [0.1, 0.15) is 73.6 Å². The molecule has 0 aliphatic rings. The average Bonchev–Trinajstić information content (AvgIpc) is 2.83. The van der Waals surface area contributed by atoms with Crippen molar-refractivity contribution in [2.45, 2.75) is 96.7 Å². The van der Waals surface area contributed by atoms with Gasteiger partial charge in [0, 0.05) is 24.5 Å². The van der Waals surface area contributed by atoms with E-state index in [0.29, 0.717) is 6.32 Å². The molecular formula is C21H48BFNO13P3. The van der Waals surface area contributed by atoms with Gasteiger partial charge in [0.05, 0.1) is 31.0 Å². The molecule has 0 aliphatic heterocycles. The van der Waals surface area contributed by atoms with Crippen LogP contribution in [0.2, 0.25) is 6.32 Å². The fraction of sp³-hybridized carbons (Fsp3) is 1.00. The first-order valence-corrected chi connectivity index (χ1v) is 17.6. The second-order valence-corrected chi connectivity index (χ2v) is 15.1. The minimum Gasteiger partial charge on any atom is -0.396 e. The minimum atomic E-state index is -4.67. The Labute approximate surface area is 237 Å². The number of halogens is 1. The fourth-order valence-electron chi connectivity index (χ4n) is 3.79. The van der Waals surface area contributed by atoms with E-state index in [1.165, 1.54) is 6.92 Å². The van der Waals surface area contributed by atoms with E-state index in [-0.39, 0.29) is 57.8 Å². The normalized spacial score (nSPS) is 20.6. The molecule has 0 amide bonds. The van der Waals surface area contributed by atoms with Crippen molar-refractivity contribution in [1.82, 2.24) is 5.54 Å². The van der Waals surface area contributed by atoms with E-state index >= 15 is 0 Å². The zero-order chi connectivity index (χ0) is 31.5. The van der Waals surface area contributed by atoms with E-state index in [2.05, 4.69) is 4.52 Å². The predicted octanol–water partition coefficient (Wildman–Crippen LogP) is 3.40. The van der Waals surface area contributed by atoms with Gasteiger partial charge in [0.25, 0.3) is 0 Å². The highest BCUT2D eigenvalue weighted by Crippen LogP contribution is 2.52. The number of phosphoric acid groups is 3. The van der Waals surface area contributed by atoms with Crippen molar-refractivity contribution in [3.8, 4) is 0 Å². The van der Waals surface area contributed by atoms with Crippen LogP contribution in [0.25, 0.3) is 0 Å². The summed E-state index contributed by atoms with van der Waals surface area (Å²) >= 11 is 0. The maximum absolute atomic E-state index is 12.9. The van der Waals surface area contributed by atoms with Crippen LogP contribution in [0.15, 0.2) is 0 Å². The zero-order valence-corrected chi connectivity index (χ0v) is 27.1. The Morgan fingerprint density at radius 2 is 1.32 bits per heavy atom. The van der Waals surface area contributed by atoms with Crippen LogP contribution in [0, 0.1) is 11.8 Å². The highest BCUT2D eigenvalue weighted by molar-refractivity contribution is 7.47. The van der Waals surface area contributed by atoms with Crippen molar-refractivity contribution in [1.29, 1.82) is 0 Å². The van der Waals surface area contributed by atoms with Gasteiger partial charge in [-0.05, 0) is 59.3 Å². The van der Waals surface area contributed by atoms with Crippen LogP contribution in [0.4, 0.5) is 4.48 Å². The Bertz CT molecular complexity index is 898. The van der Waals surface area contributed by atoms with Gasteiger partial charge in [-0.15, -0.1) is 4.48 Å². The van der Waals surface area contributed by atoms with Crippen LogP contribution in [0.3, 0.4) is 0 Å². The maximum Gasteiger partial charge on any atom is 0.472 e. The molecule has 0 radical (unpaired) electrons. The predicted molar refractivity (Wildman–Crippen MR) is 149 cm³/mol. The number of aliphatic hydroxyl groups is 1. The first-order chi connectivity index (χ1) is 18.1. The van der Waals surface area contributed by atoms with E-state index < -0.39 is 52.7 Å². The Kier molecular flexibility index (Phi) is 17.0. The summed E-state index contributed by atoms with van der Waals surface area (Å²) in [5.41, 5.74) is -1.88. The van der Waals surface area contributed by atoms with Gasteiger partial charge in [0.15, 0.2) is 0 Å². The lowest BCUT2D eigenvalue weighted by Gasteiger charge is -2.34. The lowest BCUT2D eigenvalue weighted by atomic mass is 9.82. The summed E-state index contributed by atoms with van der Waals surface area (Å²) in [6.07, 6.45) is 1.12. The highest BCUT2D eigenvalue weighted by Gasteiger charge is 2.39. The molecule has 0 fully saturated rings. The number of nitrogens with one attached hydrogen (secondary N) is 1. The molecule has 40 heavy (non-hydrogen) atoms. The van der Waals surface area contributed by atoms with Crippen molar-refractivity contribution >= 4 is 31.3 Å². The Balaban J connectivity index is 5.11. The first kappa shape index (κ1) is 40.2. The topological polar surface area (TPSA) is 211 Å². The van der Waals surface area contributed by atoms with Gasteiger partial charge in [0.1, 0.15) is 7.85 Å². The van der Waals surface area contributed by atoms with Gasteiger partial charge < -0.3 is 24.7 Å². The van der Waals surface area contributed by atoms with Gasteiger partial charge in [-0.2, -0.15) is 5.54 Å². The highest BCUT2D eigenvalue weighted by atomic mass is 31.2. The summed E-state index contributed by atoms with van der Waals surface area (Å²) in [6.45, 7) is 8.11. The molecule has 0 aromatic heterocycles. The number of aliphatic hydroxyl groups excluding tert-OH is 1. The molecule has 14 nitrogen and oxygen atoms in total. The summed E-state index contributed by atoms with van der Waals surface area (Å²) in [7, 11) is -12.2. The average molecular weight is 645 g/mol. The molecule has 6 atom stereocenters. The van der Waals surface area contributed by atoms with Crippen LogP contribution in [-0.4, -0.2) is 75.7 Å². The summed E-state index contributed by atoms with van der Waals surface area (Å²) in [5, 5.41) is 9.51. The maximum atomic E-state index is 12.9. The quantitative estimate of drug-likeness (QED) is 0.0535. The zero-order valence-electron chi connectivity index (χ0n) is 24.4. The lowest BCUT2D eigenvalue weighted by molar-refractivity contribution is -0.00899. The third kappa shape index (κ3) is 17.4. The molecule has 19 heteroatoms. The van der Waals surface area contributed by atoms with Gasteiger partial charge in [0.2, 0.25) is 0 Å². The minimum absolute atomic E-state index is 0.0932. The molecule has 0 rings (SSSR count). The first-order valence-electron chi connectivity index (χ1n) is 13.1. The number of hydrogen-bond acceptors (Lipinski definition) is 10. The third-order valence-corrected chi connectivity index (χ3v) is 9.43.